The van der Waals surface area contributed by atoms with Crippen molar-refractivity contribution in [2.75, 3.05) is 13.1 Å². The molecule has 1 aromatic heterocycles. The van der Waals surface area contributed by atoms with Crippen LogP contribution in [0.5, 0.6) is 0 Å². The second-order valence-corrected chi connectivity index (χ2v) is 5.39. The van der Waals surface area contributed by atoms with E-state index >= 15 is 0 Å². The van der Waals surface area contributed by atoms with Gasteiger partial charge in [0.1, 0.15) is 0 Å². The molecule has 0 saturated heterocycles. The van der Waals surface area contributed by atoms with Crippen molar-refractivity contribution in [1.29, 1.82) is 0 Å². The van der Waals surface area contributed by atoms with Crippen LogP contribution in [0.25, 0.3) is 0 Å². The largest absolute Gasteiger partial charge is 0.317 e. The van der Waals surface area contributed by atoms with Crippen LogP contribution in [0.3, 0.4) is 0 Å². The minimum Gasteiger partial charge on any atom is -0.317 e. The highest BCUT2D eigenvalue weighted by Crippen LogP contribution is 2.14. The van der Waals surface area contributed by atoms with Gasteiger partial charge in [-0.25, -0.2) is 0 Å². The van der Waals surface area contributed by atoms with E-state index in [0.29, 0.717) is 0 Å². The molecule has 0 aliphatic heterocycles. The van der Waals surface area contributed by atoms with Crippen LogP contribution >= 0.6 is 0 Å². The molecule has 1 rings (SSSR count). The molecule has 0 aliphatic carbocycles. The third kappa shape index (κ3) is 5.35. The Morgan fingerprint density at radius 1 is 1.05 bits per heavy atom. The van der Waals surface area contributed by atoms with Crippen LogP contribution in [0.15, 0.2) is 0 Å². The van der Waals surface area contributed by atoms with Gasteiger partial charge in [0.15, 0.2) is 0 Å². The highest BCUT2D eigenvalue weighted by molar-refractivity contribution is 5.24. The van der Waals surface area contributed by atoms with Gasteiger partial charge in [-0.15, -0.1) is 0 Å². The van der Waals surface area contributed by atoms with E-state index in [1.807, 2.05) is 0 Å². The van der Waals surface area contributed by atoms with Crippen molar-refractivity contribution < 1.29 is 0 Å². The molecule has 1 N–H and O–H groups in total. The molecular formula is C16H31N3. The van der Waals surface area contributed by atoms with Gasteiger partial charge in [-0.05, 0) is 45.3 Å². The second-order valence-electron chi connectivity index (χ2n) is 5.39. The lowest BCUT2D eigenvalue weighted by Crippen LogP contribution is -2.16. The van der Waals surface area contributed by atoms with Crippen molar-refractivity contribution in [2.24, 2.45) is 0 Å². The van der Waals surface area contributed by atoms with Crippen LogP contribution in [0.4, 0.5) is 0 Å². The quantitative estimate of drug-likeness (QED) is 0.655. The molecule has 0 bridgehead atoms. The Balaban J connectivity index is 2.44. The zero-order chi connectivity index (χ0) is 14.1. The van der Waals surface area contributed by atoms with Crippen molar-refractivity contribution in [3.8, 4) is 0 Å². The van der Waals surface area contributed by atoms with E-state index in [4.69, 9.17) is 5.10 Å². The lowest BCUT2D eigenvalue weighted by atomic mass is 10.1. The first kappa shape index (κ1) is 16.2. The lowest BCUT2D eigenvalue weighted by molar-refractivity contribution is 0.522. The summed E-state index contributed by atoms with van der Waals surface area (Å²) in [7, 11) is 0. The number of unbranched alkanes of at least 4 members (excludes halogenated alkanes) is 4. The highest BCUT2D eigenvalue weighted by Gasteiger charge is 2.10. The summed E-state index contributed by atoms with van der Waals surface area (Å²) in [5, 5.41) is 8.09. The number of aromatic nitrogens is 2. The topological polar surface area (TPSA) is 29.9 Å². The Morgan fingerprint density at radius 2 is 1.79 bits per heavy atom. The Hall–Kier alpha value is -0.830. The Morgan fingerprint density at radius 3 is 2.47 bits per heavy atom. The van der Waals surface area contributed by atoms with E-state index in [0.717, 1.165) is 26.1 Å². The first-order valence-electron chi connectivity index (χ1n) is 7.94. The Kier molecular flexibility index (Phi) is 7.80. The van der Waals surface area contributed by atoms with Crippen molar-refractivity contribution in [3.63, 3.8) is 0 Å². The first-order valence-corrected chi connectivity index (χ1v) is 7.94. The van der Waals surface area contributed by atoms with Crippen molar-refractivity contribution in [1.82, 2.24) is 15.1 Å². The first-order chi connectivity index (χ1) is 9.20. The summed E-state index contributed by atoms with van der Waals surface area (Å²) in [4.78, 5) is 0. The average Bonchev–Trinajstić information content (AvgIpc) is 2.66. The van der Waals surface area contributed by atoms with Gasteiger partial charge in [0.25, 0.3) is 0 Å². The monoisotopic (exact) mass is 265 g/mol. The normalized spacial score (nSPS) is 11.2. The third-order valence-electron chi connectivity index (χ3n) is 3.81. The molecule has 0 amide bonds. The van der Waals surface area contributed by atoms with E-state index in [1.54, 1.807) is 0 Å². The maximum atomic E-state index is 4.70. The number of rotatable bonds is 10. The van der Waals surface area contributed by atoms with Crippen LogP contribution < -0.4 is 5.32 Å². The molecule has 0 radical (unpaired) electrons. The Bertz CT molecular complexity index is 355. The SMILES string of the molecule is CCCCCCCn1nc(C)c(CCNCC)c1C. The van der Waals surface area contributed by atoms with Crippen LogP contribution in [0.2, 0.25) is 0 Å². The van der Waals surface area contributed by atoms with Crippen LogP contribution in [-0.4, -0.2) is 22.9 Å². The number of nitrogens with one attached hydrogen (secondary N) is 1. The van der Waals surface area contributed by atoms with Gasteiger partial charge in [-0.2, -0.15) is 5.10 Å². The molecule has 1 heterocycles. The molecule has 0 aliphatic rings. The Labute approximate surface area is 118 Å². The summed E-state index contributed by atoms with van der Waals surface area (Å²) in [6.07, 6.45) is 7.73. The predicted octanol–water partition coefficient (Wildman–Crippen LogP) is 3.62. The molecular weight excluding hydrogens is 234 g/mol. The van der Waals surface area contributed by atoms with E-state index in [2.05, 4.69) is 37.7 Å². The van der Waals surface area contributed by atoms with Gasteiger partial charge in [0.2, 0.25) is 0 Å². The van der Waals surface area contributed by atoms with Crippen molar-refractivity contribution in [3.05, 3.63) is 17.0 Å². The summed E-state index contributed by atoms with van der Waals surface area (Å²) in [5.74, 6) is 0. The molecule has 19 heavy (non-hydrogen) atoms. The molecule has 0 saturated carbocycles. The minimum atomic E-state index is 1.05. The summed E-state index contributed by atoms with van der Waals surface area (Å²) in [6, 6.07) is 0. The molecule has 1 aromatic rings. The van der Waals surface area contributed by atoms with E-state index in [-0.39, 0.29) is 0 Å². The maximum absolute atomic E-state index is 4.70. The van der Waals surface area contributed by atoms with Crippen molar-refractivity contribution >= 4 is 0 Å². The van der Waals surface area contributed by atoms with E-state index in [1.165, 1.54) is 49.1 Å². The smallest absolute Gasteiger partial charge is 0.0628 e. The fraction of sp³-hybridized carbons (Fsp3) is 0.812. The number of hydrogen-bond acceptors (Lipinski definition) is 2. The van der Waals surface area contributed by atoms with Crippen LogP contribution in [0, 0.1) is 13.8 Å². The molecule has 110 valence electrons. The lowest BCUT2D eigenvalue weighted by Gasteiger charge is -2.06. The van der Waals surface area contributed by atoms with Gasteiger partial charge in [-0.3, -0.25) is 4.68 Å². The standard InChI is InChI=1S/C16H31N3/c1-5-7-8-9-10-13-19-15(4)16(14(3)18-19)11-12-17-6-2/h17H,5-13H2,1-4H3. The van der Waals surface area contributed by atoms with Gasteiger partial charge in [0, 0.05) is 12.2 Å². The van der Waals surface area contributed by atoms with Gasteiger partial charge < -0.3 is 5.32 Å². The molecule has 3 nitrogen and oxygen atoms in total. The molecule has 0 aromatic carbocycles. The zero-order valence-electron chi connectivity index (χ0n) is 13.3. The minimum absolute atomic E-state index is 1.05. The summed E-state index contributed by atoms with van der Waals surface area (Å²) in [6.45, 7) is 12.0. The van der Waals surface area contributed by atoms with Gasteiger partial charge in [-0.1, -0.05) is 39.5 Å². The predicted molar refractivity (Wildman–Crippen MR) is 82.7 cm³/mol. The van der Waals surface area contributed by atoms with Crippen LogP contribution in [0.1, 0.15) is 62.9 Å². The highest BCUT2D eigenvalue weighted by atomic mass is 15.3. The van der Waals surface area contributed by atoms with E-state index in [9.17, 15) is 0 Å². The number of likely N-dealkylation sites (N-methyl/N-ethyl adjacent to an activating group) is 1. The molecule has 0 unspecified atom stereocenters. The molecule has 0 spiro atoms. The maximum Gasteiger partial charge on any atom is 0.0628 e. The zero-order valence-corrected chi connectivity index (χ0v) is 13.3. The number of hydrogen-bond donors (Lipinski definition) is 1. The fourth-order valence-electron chi connectivity index (χ4n) is 2.57. The molecule has 3 heteroatoms. The summed E-state index contributed by atoms with van der Waals surface area (Å²) in [5.41, 5.74) is 4.02. The molecule has 0 fully saturated rings. The fourth-order valence-corrected chi connectivity index (χ4v) is 2.57. The average molecular weight is 265 g/mol. The number of nitrogens with zero attached hydrogens (tertiary/aromatic N) is 2. The second kappa shape index (κ2) is 9.13. The van der Waals surface area contributed by atoms with E-state index < -0.39 is 0 Å². The summed E-state index contributed by atoms with van der Waals surface area (Å²) < 4.78 is 2.21. The van der Waals surface area contributed by atoms with Gasteiger partial charge >= 0.3 is 0 Å². The third-order valence-corrected chi connectivity index (χ3v) is 3.81. The van der Waals surface area contributed by atoms with Crippen LogP contribution in [-0.2, 0) is 13.0 Å². The van der Waals surface area contributed by atoms with Crippen molar-refractivity contribution in [2.45, 2.75) is 72.8 Å². The van der Waals surface area contributed by atoms with Gasteiger partial charge in [0.05, 0.1) is 5.69 Å². The number of aryl methyl sites for hydroxylation is 2. The summed E-state index contributed by atoms with van der Waals surface area (Å²) >= 11 is 0. The molecule has 0 atom stereocenters.